The van der Waals surface area contributed by atoms with Crippen LogP contribution in [0, 0.1) is 0 Å². The highest BCUT2D eigenvalue weighted by Gasteiger charge is 2.06. The number of hydrogen-bond donors (Lipinski definition) is 2. The third-order valence-corrected chi connectivity index (χ3v) is 3.31. The largest absolute Gasteiger partial charge is 0.497 e. The molecule has 0 aliphatic carbocycles. The molecule has 0 aliphatic rings. The van der Waals surface area contributed by atoms with E-state index in [1.807, 2.05) is 36.4 Å². The van der Waals surface area contributed by atoms with Crippen molar-refractivity contribution >= 4 is 24.0 Å². The van der Waals surface area contributed by atoms with Crippen molar-refractivity contribution in [2.75, 3.05) is 13.7 Å². The van der Waals surface area contributed by atoms with Crippen LogP contribution in [-0.2, 0) is 6.54 Å². The number of rotatable bonds is 6. The first-order valence-electron chi connectivity index (χ1n) is 6.46. The first kappa shape index (κ1) is 17.8. The molecule has 0 bridgehead atoms. The van der Waals surface area contributed by atoms with Gasteiger partial charge in [-0.15, -0.1) is 12.4 Å². The quantitative estimate of drug-likeness (QED) is 0.851. The lowest BCUT2D eigenvalue weighted by Crippen LogP contribution is -2.21. The maximum absolute atomic E-state index is 10.1. The molecule has 2 aromatic rings. The molecule has 114 valence electrons. The fraction of sp³-hybridized carbons (Fsp3) is 0.250. The second kappa shape index (κ2) is 8.90. The number of aliphatic hydroxyl groups excluding tert-OH is 1. The Morgan fingerprint density at radius 2 is 1.90 bits per heavy atom. The summed E-state index contributed by atoms with van der Waals surface area (Å²) in [5, 5.41) is 14.0. The summed E-state index contributed by atoms with van der Waals surface area (Å²) in [6, 6.07) is 15.1. The van der Waals surface area contributed by atoms with Crippen molar-refractivity contribution in [3.8, 4) is 5.75 Å². The van der Waals surface area contributed by atoms with Crippen LogP contribution in [0.15, 0.2) is 48.5 Å². The molecule has 1 unspecified atom stereocenters. The van der Waals surface area contributed by atoms with Crippen molar-refractivity contribution in [3.63, 3.8) is 0 Å². The Kier molecular flexibility index (Phi) is 7.54. The lowest BCUT2D eigenvalue weighted by atomic mass is 10.1. The fourth-order valence-corrected chi connectivity index (χ4v) is 2.06. The highest BCUT2D eigenvalue weighted by molar-refractivity contribution is 6.30. The topological polar surface area (TPSA) is 41.5 Å². The molecule has 5 heteroatoms. The minimum absolute atomic E-state index is 0. The maximum Gasteiger partial charge on any atom is 0.119 e. The van der Waals surface area contributed by atoms with E-state index in [1.54, 1.807) is 19.2 Å². The highest BCUT2D eigenvalue weighted by atomic mass is 35.5. The van der Waals surface area contributed by atoms with E-state index in [9.17, 15) is 5.11 Å². The molecule has 0 radical (unpaired) electrons. The van der Waals surface area contributed by atoms with Gasteiger partial charge >= 0.3 is 0 Å². The summed E-state index contributed by atoms with van der Waals surface area (Å²) in [4.78, 5) is 0. The number of hydrogen-bond acceptors (Lipinski definition) is 3. The van der Waals surface area contributed by atoms with Crippen LogP contribution in [0.1, 0.15) is 17.2 Å². The van der Waals surface area contributed by atoms with Crippen molar-refractivity contribution in [2.45, 2.75) is 12.6 Å². The van der Waals surface area contributed by atoms with Gasteiger partial charge in [0, 0.05) is 18.1 Å². The molecule has 2 aromatic carbocycles. The summed E-state index contributed by atoms with van der Waals surface area (Å²) in [6.45, 7) is 1.17. The van der Waals surface area contributed by atoms with Crippen LogP contribution in [0.2, 0.25) is 5.02 Å². The molecule has 21 heavy (non-hydrogen) atoms. The Hall–Kier alpha value is -1.26. The van der Waals surface area contributed by atoms with Gasteiger partial charge in [-0.3, -0.25) is 0 Å². The molecule has 0 fully saturated rings. The van der Waals surface area contributed by atoms with E-state index in [2.05, 4.69) is 5.32 Å². The molecular weight excluding hydrogens is 309 g/mol. The smallest absolute Gasteiger partial charge is 0.119 e. The number of halogens is 2. The lowest BCUT2D eigenvalue weighted by Gasteiger charge is -2.12. The average Bonchev–Trinajstić information content (AvgIpc) is 2.48. The minimum Gasteiger partial charge on any atom is -0.497 e. The number of nitrogens with one attached hydrogen (secondary N) is 1. The Morgan fingerprint density at radius 1 is 1.19 bits per heavy atom. The summed E-state index contributed by atoms with van der Waals surface area (Å²) in [6.07, 6.45) is -0.544. The molecule has 1 atom stereocenters. The lowest BCUT2D eigenvalue weighted by molar-refractivity contribution is 0.174. The standard InChI is InChI=1S/C16H18ClNO2.ClH/c1-20-15-4-2-3-12(9-15)10-18-11-16(19)13-5-7-14(17)8-6-13;/h2-9,16,18-19H,10-11H2,1H3;1H. The molecular formula is C16H19Cl2NO2. The van der Waals surface area contributed by atoms with Gasteiger partial charge < -0.3 is 15.2 Å². The zero-order valence-corrected chi connectivity index (χ0v) is 13.3. The number of ether oxygens (including phenoxy) is 1. The van der Waals surface area contributed by atoms with E-state index in [1.165, 1.54) is 0 Å². The molecule has 2 N–H and O–H groups in total. The van der Waals surface area contributed by atoms with Crippen LogP contribution < -0.4 is 10.1 Å². The SMILES string of the molecule is COc1cccc(CNCC(O)c2ccc(Cl)cc2)c1.Cl. The zero-order chi connectivity index (χ0) is 14.4. The van der Waals surface area contributed by atoms with Gasteiger partial charge in [-0.25, -0.2) is 0 Å². The van der Waals surface area contributed by atoms with E-state index >= 15 is 0 Å². The molecule has 0 amide bonds. The molecule has 2 rings (SSSR count). The van der Waals surface area contributed by atoms with Gasteiger partial charge in [0.05, 0.1) is 13.2 Å². The van der Waals surface area contributed by atoms with Gasteiger partial charge in [-0.1, -0.05) is 35.9 Å². The third kappa shape index (κ3) is 5.56. The van der Waals surface area contributed by atoms with Crippen LogP contribution in [-0.4, -0.2) is 18.8 Å². The van der Waals surface area contributed by atoms with Crippen LogP contribution >= 0.6 is 24.0 Å². The zero-order valence-electron chi connectivity index (χ0n) is 11.8. The molecule has 3 nitrogen and oxygen atoms in total. The van der Waals surface area contributed by atoms with Gasteiger partial charge in [0.25, 0.3) is 0 Å². The highest BCUT2D eigenvalue weighted by Crippen LogP contribution is 2.16. The predicted octanol–water partition coefficient (Wildman–Crippen LogP) is 3.59. The van der Waals surface area contributed by atoms with Gasteiger partial charge in [0.15, 0.2) is 0 Å². The Labute approximate surface area is 136 Å². The molecule has 0 aromatic heterocycles. The summed E-state index contributed by atoms with van der Waals surface area (Å²) < 4.78 is 5.17. The number of methoxy groups -OCH3 is 1. The number of aliphatic hydroxyl groups is 1. The van der Waals surface area contributed by atoms with Crippen molar-refractivity contribution in [3.05, 3.63) is 64.7 Å². The molecule has 0 saturated heterocycles. The van der Waals surface area contributed by atoms with Crippen LogP contribution in [0.4, 0.5) is 0 Å². The second-order valence-electron chi connectivity index (χ2n) is 4.55. The fourth-order valence-electron chi connectivity index (χ4n) is 1.94. The van der Waals surface area contributed by atoms with E-state index in [0.29, 0.717) is 18.1 Å². The summed E-state index contributed by atoms with van der Waals surface area (Å²) in [5.41, 5.74) is 1.97. The van der Waals surface area contributed by atoms with Crippen molar-refractivity contribution in [1.82, 2.24) is 5.32 Å². The van der Waals surface area contributed by atoms with Crippen molar-refractivity contribution < 1.29 is 9.84 Å². The van der Waals surface area contributed by atoms with E-state index in [4.69, 9.17) is 16.3 Å². The molecule has 0 saturated carbocycles. The first-order valence-corrected chi connectivity index (χ1v) is 6.84. The van der Waals surface area contributed by atoms with Crippen LogP contribution in [0.5, 0.6) is 5.75 Å². The van der Waals surface area contributed by atoms with E-state index in [0.717, 1.165) is 16.9 Å². The van der Waals surface area contributed by atoms with Gasteiger partial charge in [0.1, 0.15) is 5.75 Å². The average molecular weight is 328 g/mol. The third-order valence-electron chi connectivity index (χ3n) is 3.06. The monoisotopic (exact) mass is 327 g/mol. The van der Waals surface area contributed by atoms with Crippen LogP contribution in [0.3, 0.4) is 0 Å². The van der Waals surface area contributed by atoms with Crippen LogP contribution in [0.25, 0.3) is 0 Å². The van der Waals surface area contributed by atoms with E-state index in [-0.39, 0.29) is 12.4 Å². The normalized spacial score (nSPS) is 11.6. The van der Waals surface area contributed by atoms with Crippen molar-refractivity contribution in [2.24, 2.45) is 0 Å². The predicted molar refractivity (Wildman–Crippen MR) is 88.4 cm³/mol. The second-order valence-corrected chi connectivity index (χ2v) is 4.99. The first-order chi connectivity index (χ1) is 9.69. The maximum atomic E-state index is 10.1. The van der Waals surface area contributed by atoms with Gasteiger partial charge in [-0.05, 0) is 35.4 Å². The number of benzene rings is 2. The summed E-state index contributed by atoms with van der Waals surface area (Å²) in [5.74, 6) is 0.836. The Morgan fingerprint density at radius 3 is 2.57 bits per heavy atom. The Bertz CT molecular complexity index is 546. The summed E-state index contributed by atoms with van der Waals surface area (Å²) >= 11 is 5.82. The molecule has 0 spiro atoms. The van der Waals surface area contributed by atoms with Gasteiger partial charge in [-0.2, -0.15) is 0 Å². The molecule has 0 heterocycles. The van der Waals surface area contributed by atoms with E-state index < -0.39 is 6.10 Å². The van der Waals surface area contributed by atoms with Crippen molar-refractivity contribution in [1.29, 1.82) is 0 Å². The molecule has 0 aliphatic heterocycles. The summed E-state index contributed by atoms with van der Waals surface area (Å²) in [7, 11) is 1.65. The Balaban J connectivity index is 0.00000220. The van der Waals surface area contributed by atoms with Gasteiger partial charge in [0.2, 0.25) is 0 Å². The minimum atomic E-state index is -0.544.